The summed E-state index contributed by atoms with van der Waals surface area (Å²) in [5.41, 5.74) is 8.74. The molecule has 1 heterocycles. The summed E-state index contributed by atoms with van der Waals surface area (Å²) in [4.78, 5) is 14.6. The van der Waals surface area contributed by atoms with E-state index in [1.807, 2.05) is 0 Å². The second kappa shape index (κ2) is 7.50. The Morgan fingerprint density at radius 3 is 2.52 bits per heavy atom. The number of anilines is 1. The number of methoxy groups -OCH3 is 1. The van der Waals surface area contributed by atoms with Crippen LogP contribution >= 0.6 is 34.8 Å². The fourth-order valence-corrected chi connectivity index (χ4v) is 2.25. The number of hydrogen-bond donors (Lipinski definition) is 2. The summed E-state index contributed by atoms with van der Waals surface area (Å²) in [6.07, 6.45) is 1.46. The molecule has 0 aliphatic carbocycles. The molecule has 0 aliphatic rings. The van der Waals surface area contributed by atoms with Crippen LogP contribution in [0.15, 0.2) is 29.4 Å². The fourth-order valence-electron chi connectivity index (χ4n) is 1.64. The van der Waals surface area contributed by atoms with Gasteiger partial charge < -0.3 is 10.5 Å². The minimum atomic E-state index is -0.606. The van der Waals surface area contributed by atoms with Gasteiger partial charge >= 0.3 is 5.91 Å². The molecule has 0 fully saturated rings. The summed E-state index contributed by atoms with van der Waals surface area (Å²) in [7, 11) is 1.58. The van der Waals surface area contributed by atoms with Crippen molar-refractivity contribution in [3.8, 4) is 5.75 Å². The fraction of sp³-hybridized carbons (Fsp3) is 0.0714. The van der Waals surface area contributed by atoms with Crippen molar-refractivity contribution < 1.29 is 14.5 Å². The van der Waals surface area contributed by atoms with Gasteiger partial charge in [-0.2, -0.15) is 10.1 Å². The normalized spacial score (nSPS) is 10.8. The predicted octanol–water partition coefficient (Wildman–Crippen LogP) is 2.82. The van der Waals surface area contributed by atoms with Crippen molar-refractivity contribution in [1.82, 2.24) is 5.43 Å². The minimum absolute atomic E-state index is 0.0119. The summed E-state index contributed by atoms with van der Waals surface area (Å²) in [5.74, 6) is 0.115. The first-order chi connectivity index (χ1) is 10.9. The third-order valence-corrected chi connectivity index (χ3v) is 4.01. The third kappa shape index (κ3) is 4.04. The zero-order valence-corrected chi connectivity index (χ0v) is 14.1. The Balaban J connectivity index is 2.11. The average Bonchev–Trinajstić information content (AvgIpc) is 2.56. The number of benzene rings is 1. The van der Waals surface area contributed by atoms with Crippen molar-refractivity contribution in [3.63, 3.8) is 0 Å². The molecule has 0 unspecified atom stereocenters. The minimum Gasteiger partial charge on any atom is -0.497 e. The van der Waals surface area contributed by atoms with Crippen molar-refractivity contribution in [2.24, 2.45) is 5.10 Å². The van der Waals surface area contributed by atoms with E-state index in [0.717, 1.165) is 11.3 Å². The molecule has 9 heteroatoms. The lowest BCUT2D eigenvalue weighted by Crippen LogP contribution is -2.28. The van der Waals surface area contributed by atoms with Gasteiger partial charge in [0.15, 0.2) is 0 Å². The SMILES string of the molecule is COc1ccc(/C=N/NC(=O)c2[nH+]c(Cl)c(Cl)c(N)c2Cl)cc1. The van der Waals surface area contributed by atoms with Crippen molar-refractivity contribution in [1.29, 1.82) is 0 Å². The number of hydrogen-bond acceptors (Lipinski definition) is 4. The van der Waals surface area contributed by atoms with E-state index in [-0.39, 0.29) is 26.6 Å². The highest BCUT2D eigenvalue weighted by Crippen LogP contribution is 2.31. The van der Waals surface area contributed by atoms with Crippen LogP contribution in [0.5, 0.6) is 5.75 Å². The lowest BCUT2D eigenvalue weighted by Gasteiger charge is -2.02. The molecule has 0 saturated carbocycles. The first-order valence-electron chi connectivity index (χ1n) is 6.26. The third-order valence-electron chi connectivity index (χ3n) is 2.84. The van der Waals surface area contributed by atoms with Gasteiger partial charge in [-0.25, -0.2) is 5.43 Å². The van der Waals surface area contributed by atoms with Gasteiger partial charge in [0.05, 0.1) is 19.0 Å². The molecule has 2 aromatic rings. The van der Waals surface area contributed by atoms with Crippen LogP contribution in [0.4, 0.5) is 5.69 Å². The Morgan fingerprint density at radius 2 is 1.91 bits per heavy atom. The number of aromatic nitrogens is 1. The largest absolute Gasteiger partial charge is 0.497 e. The highest BCUT2D eigenvalue weighted by atomic mass is 35.5. The van der Waals surface area contributed by atoms with E-state index in [2.05, 4.69) is 15.5 Å². The standard InChI is InChI=1S/C14H11Cl3N4O2/c1-23-8-4-2-7(3-5-8)6-19-21-14(22)12-9(15)11(18)10(16)13(17)20-12/h2-6H,1H3,(H2,18,20)(H,21,22)/p+1/b19-6+. The zero-order chi connectivity index (χ0) is 17.0. The number of nitrogens with two attached hydrogens (primary N) is 1. The number of carbonyl (C=O) groups excluding carboxylic acids is 1. The molecule has 0 bridgehead atoms. The van der Waals surface area contributed by atoms with Crippen molar-refractivity contribution in [2.45, 2.75) is 0 Å². The van der Waals surface area contributed by atoms with Crippen LogP contribution in [-0.4, -0.2) is 19.2 Å². The van der Waals surface area contributed by atoms with Crippen LogP contribution < -0.4 is 20.9 Å². The molecule has 1 amide bonds. The first kappa shape index (κ1) is 17.3. The molecule has 1 aromatic carbocycles. The lowest BCUT2D eigenvalue weighted by atomic mass is 10.2. The molecule has 0 radical (unpaired) electrons. The summed E-state index contributed by atoms with van der Waals surface area (Å²) in [6, 6.07) is 7.11. The van der Waals surface area contributed by atoms with Crippen LogP contribution in [0.25, 0.3) is 0 Å². The maximum atomic E-state index is 12.1. The number of nitrogens with one attached hydrogen (secondary N) is 2. The average molecular weight is 375 g/mol. The van der Waals surface area contributed by atoms with Crippen molar-refractivity contribution in [2.75, 3.05) is 12.8 Å². The number of carbonyl (C=O) groups is 1. The van der Waals surface area contributed by atoms with Crippen molar-refractivity contribution in [3.05, 3.63) is 50.7 Å². The summed E-state index contributed by atoms with van der Waals surface area (Å²) < 4.78 is 5.05. The number of rotatable bonds is 4. The lowest BCUT2D eigenvalue weighted by molar-refractivity contribution is -0.379. The number of amides is 1. The van der Waals surface area contributed by atoms with E-state index >= 15 is 0 Å². The molecule has 0 spiro atoms. The quantitative estimate of drug-likeness (QED) is 0.490. The summed E-state index contributed by atoms with van der Waals surface area (Å²) in [6.45, 7) is 0. The Hall–Kier alpha value is -2.02. The molecular weight excluding hydrogens is 363 g/mol. The molecule has 6 nitrogen and oxygen atoms in total. The van der Waals surface area contributed by atoms with E-state index in [0.29, 0.717) is 0 Å². The second-order valence-electron chi connectivity index (χ2n) is 4.33. The Kier molecular flexibility index (Phi) is 5.65. The van der Waals surface area contributed by atoms with Gasteiger partial charge in [0, 0.05) is 0 Å². The van der Waals surface area contributed by atoms with Crippen LogP contribution in [0.2, 0.25) is 15.2 Å². The van der Waals surface area contributed by atoms with Gasteiger partial charge in [0.2, 0.25) is 0 Å². The molecule has 1 aromatic heterocycles. The molecule has 0 aliphatic heterocycles. The highest BCUT2D eigenvalue weighted by Gasteiger charge is 2.25. The van der Waals surface area contributed by atoms with E-state index in [1.54, 1.807) is 31.4 Å². The number of halogens is 3. The highest BCUT2D eigenvalue weighted by molar-refractivity contribution is 6.45. The Labute approximate surface area is 147 Å². The van der Waals surface area contributed by atoms with Crippen LogP contribution in [-0.2, 0) is 0 Å². The molecule has 0 atom stereocenters. The number of pyridine rings is 1. The smallest absolute Gasteiger partial charge is 0.337 e. The molecule has 4 N–H and O–H groups in total. The van der Waals surface area contributed by atoms with Gasteiger partial charge in [-0.3, -0.25) is 4.79 Å². The maximum absolute atomic E-state index is 12.1. The van der Waals surface area contributed by atoms with Crippen molar-refractivity contribution >= 4 is 52.6 Å². The number of nitrogen functional groups attached to an aromatic ring is 1. The van der Waals surface area contributed by atoms with Crippen LogP contribution in [0, 0.1) is 0 Å². The maximum Gasteiger partial charge on any atom is 0.337 e. The predicted molar refractivity (Wildman–Crippen MR) is 90.5 cm³/mol. The van der Waals surface area contributed by atoms with Gasteiger partial charge in [0.25, 0.3) is 10.8 Å². The van der Waals surface area contributed by atoms with Crippen LogP contribution in [0.3, 0.4) is 0 Å². The van der Waals surface area contributed by atoms with Gasteiger partial charge in [-0.1, -0.05) is 23.2 Å². The molecule has 120 valence electrons. The molecule has 0 saturated heterocycles. The first-order valence-corrected chi connectivity index (χ1v) is 7.40. The van der Waals surface area contributed by atoms with Gasteiger partial charge in [-0.05, 0) is 41.4 Å². The molecule has 23 heavy (non-hydrogen) atoms. The number of nitrogens with zero attached hydrogens (tertiary/aromatic N) is 1. The topological polar surface area (TPSA) is 90.8 Å². The van der Waals surface area contributed by atoms with E-state index < -0.39 is 5.91 Å². The number of H-pyrrole nitrogens is 1. The van der Waals surface area contributed by atoms with Gasteiger partial charge in [-0.15, -0.1) is 0 Å². The summed E-state index contributed by atoms with van der Waals surface area (Å²) in [5, 5.41) is 3.87. The molecular formula is C14H12Cl3N4O2+. The van der Waals surface area contributed by atoms with Crippen LogP contribution in [0.1, 0.15) is 16.1 Å². The summed E-state index contributed by atoms with van der Waals surface area (Å²) >= 11 is 17.6. The Bertz CT molecular complexity index is 764. The van der Waals surface area contributed by atoms with E-state index in [4.69, 9.17) is 45.3 Å². The zero-order valence-electron chi connectivity index (χ0n) is 11.9. The molecule has 2 rings (SSSR count). The number of aromatic amines is 1. The van der Waals surface area contributed by atoms with Gasteiger partial charge in [0.1, 0.15) is 15.8 Å². The monoisotopic (exact) mass is 373 g/mol. The van der Waals surface area contributed by atoms with E-state index in [9.17, 15) is 4.79 Å². The van der Waals surface area contributed by atoms with E-state index in [1.165, 1.54) is 6.21 Å². The number of ether oxygens (including phenoxy) is 1. The Morgan fingerprint density at radius 1 is 1.26 bits per heavy atom. The number of hydrazone groups is 1. The second-order valence-corrected chi connectivity index (χ2v) is 5.46.